The normalized spacial score (nSPS) is 17.1. The third kappa shape index (κ3) is 4.88. The van der Waals surface area contributed by atoms with Gasteiger partial charge in [-0.15, -0.1) is 0 Å². The van der Waals surface area contributed by atoms with E-state index in [1.807, 2.05) is 18.2 Å². The Labute approximate surface area is 193 Å². The molecule has 2 heterocycles. The van der Waals surface area contributed by atoms with Crippen molar-refractivity contribution in [3.8, 4) is 5.75 Å². The monoisotopic (exact) mass is 446 g/mol. The summed E-state index contributed by atoms with van der Waals surface area (Å²) >= 11 is 0. The average molecular weight is 447 g/mol. The van der Waals surface area contributed by atoms with Crippen molar-refractivity contribution in [1.82, 2.24) is 15.2 Å². The van der Waals surface area contributed by atoms with Crippen molar-refractivity contribution >= 4 is 28.4 Å². The third-order valence-electron chi connectivity index (χ3n) is 6.67. The predicted molar refractivity (Wildman–Crippen MR) is 129 cm³/mol. The molecule has 0 radical (unpaired) electrons. The third-order valence-corrected chi connectivity index (χ3v) is 6.67. The van der Waals surface area contributed by atoms with Crippen molar-refractivity contribution in [3.63, 3.8) is 0 Å². The fraction of sp³-hybridized carbons (Fsp3) is 0.385. The number of hydrogen-bond donors (Lipinski definition) is 3. The summed E-state index contributed by atoms with van der Waals surface area (Å²) in [6.45, 7) is 2.05. The van der Waals surface area contributed by atoms with Gasteiger partial charge in [0, 0.05) is 23.1 Å². The maximum absolute atomic E-state index is 12.7. The number of benzene rings is 2. The number of methoxy groups -OCH3 is 1. The van der Waals surface area contributed by atoms with E-state index in [1.165, 1.54) is 10.9 Å². The molecule has 7 nitrogen and oxygen atoms in total. The summed E-state index contributed by atoms with van der Waals surface area (Å²) in [6, 6.07) is 13.6. The molecule has 1 saturated carbocycles. The number of rotatable bonds is 7. The second kappa shape index (κ2) is 9.27. The van der Waals surface area contributed by atoms with Crippen molar-refractivity contribution in [2.24, 2.45) is 0 Å². The smallest absolute Gasteiger partial charge is 0.253 e. The zero-order valence-electron chi connectivity index (χ0n) is 18.9. The van der Waals surface area contributed by atoms with Crippen LogP contribution in [0.4, 0.5) is 5.69 Å². The Balaban J connectivity index is 1.17. The van der Waals surface area contributed by atoms with Crippen LogP contribution in [0, 0.1) is 0 Å². The van der Waals surface area contributed by atoms with Crippen LogP contribution in [-0.4, -0.2) is 54.5 Å². The standard InChI is InChI=1S/C26H30N4O3/c1-33-19-8-9-23-21(14-19)22(15-27-23)17-10-12-30(13-11-17)16-25(31)29-24-5-3-2-4-20(24)26(32)28-18-6-7-18/h2-5,8-9,14-15,17-18,27H,6-7,10-13,16H2,1H3,(H,28,32)(H,29,31). The van der Waals surface area contributed by atoms with E-state index in [-0.39, 0.29) is 17.9 Å². The van der Waals surface area contributed by atoms with Crippen LogP contribution >= 0.6 is 0 Å². The highest BCUT2D eigenvalue weighted by atomic mass is 16.5. The summed E-state index contributed by atoms with van der Waals surface area (Å²) in [5.41, 5.74) is 3.54. The van der Waals surface area contributed by atoms with Gasteiger partial charge in [0.1, 0.15) is 5.75 Å². The molecule has 0 atom stereocenters. The van der Waals surface area contributed by atoms with Crippen LogP contribution in [0.5, 0.6) is 5.75 Å². The molecule has 3 aromatic rings. The predicted octanol–water partition coefficient (Wildman–Crippen LogP) is 3.89. The minimum atomic E-state index is -0.121. The van der Waals surface area contributed by atoms with Gasteiger partial charge in [0.15, 0.2) is 0 Å². The van der Waals surface area contributed by atoms with Crippen LogP contribution in [0.15, 0.2) is 48.7 Å². The van der Waals surface area contributed by atoms with Crippen LogP contribution in [0.1, 0.15) is 47.5 Å². The molecule has 3 N–H and O–H groups in total. The molecule has 0 spiro atoms. The van der Waals surface area contributed by atoms with Gasteiger partial charge in [0.05, 0.1) is 24.9 Å². The SMILES string of the molecule is COc1ccc2[nH]cc(C3CCN(CC(=O)Nc4ccccc4C(=O)NC4CC4)CC3)c2c1. The zero-order chi connectivity index (χ0) is 22.8. The van der Waals surface area contributed by atoms with E-state index in [1.54, 1.807) is 19.2 Å². The molecule has 0 unspecified atom stereocenters. The van der Waals surface area contributed by atoms with Crippen molar-refractivity contribution in [2.75, 3.05) is 32.1 Å². The van der Waals surface area contributed by atoms with E-state index >= 15 is 0 Å². The second-order valence-corrected chi connectivity index (χ2v) is 9.05. The van der Waals surface area contributed by atoms with E-state index in [0.717, 1.165) is 50.0 Å². The van der Waals surface area contributed by atoms with Crippen LogP contribution in [0.2, 0.25) is 0 Å². The number of fused-ring (bicyclic) bond motifs is 1. The number of para-hydroxylation sites is 1. The van der Waals surface area contributed by atoms with Crippen molar-refractivity contribution in [3.05, 3.63) is 59.8 Å². The quantitative estimate of drug-likeness (QED) is 0.514. The molecule has 2 fully saturated rings. The molecule has 1 aliphatic heterocycles. The van der Waals surface area contributed by atoms with Gasteiger partial charge in [-0.25, -0.2) is 0 Å². The van der Waals surface area contributed by atoms with E-state index in [4.69, 9.17) is 4.74 Å². The molecular formula is C26H30N4O3. The van der Waals surface area contributed by atoms with Gasteiger partial charge in [0.25, 0.3) is 5.91 Å². The summed E-state index contributed by atoms with van der Waals surface area (Å²) in [5.74, 6) is 1.11. The number of piperidine rings is 1. The molecule has 1 aromatic heterocycles. The Kier molecular flexibility index (Phi) is 6.05. The second-order valence-electron chi connectivity index (χ2n) is 9.05. The molecular weight excluding hydrogens is 416 g/mol. The lowest BCUT2D eigenvalue weighted by molar-refractivity contribution is -0.117. The number of likely N-dealkylation sites (tertiary alicyclic amines) is 1. The number of aromatic nitrogens is 1. The van der Waals surface area contributed by atoms with E-state index < -0.39 is 0 Å². The molecule has 1 aliphatic carbocycles. The molecule has 172 valence electrons. The molecule has 2 aliphatic rings. The highest BCUT2D eigenvalue weighted by Crippen LogP contribution is 2.34. The summed E-state index contributed by atoms with van der Waals surface area (Å²) in [5, 5.41) is 7.15. The Hall–Kier alpha value is -3.32. The number of carbonyl (C=O) groups excluding carboxylic acids is 2. The fourth-order valence-electron chi connectivity index (χ4n) is 4.66. The number of anilines is 1. The lowest BCUT2D eigenvalue weighted by Gasteiger charge is -2.31. The van der Waals surface area contributed by atoms with Gasteiger partial charge < -0.3 is 20.4 Å². The summed E-state index contributed by atoms with van der Waals surface area (Å²) in [4.78, 5) is 30.8. The molecule has 7 heteroatoms. The van der Waals surface area contributed by atoms with Gasteiger partial charge in [-0.3, -0.25) is 14.5 Å². The van der Waals surface area contributed by atoms with Crippen molar-refractivity contribution in [1.29, 1.82) is 0 Å². The lowest BCUT2D eigenvalue weighted by atomic mass is 9.89. The Bertz CT molecular complexity index is 1160. The number of amides is 2. The number of nitrogens with one attached hydrogen (secondary N) is 3. The van der Waals surface area contributed by atoms with E-state index in [0.29, 0.717) is 23.7 Å². The highest BCUT2D eigenvalue weighted by Gasteiger charge is 2.26. The fourth-order valence-corrected chi connectivity index (χ4v) is 4.66. The van der Waals surface area contributed by atoms with E-state index in [9.17, 15) is 9.59 Å². The minimum Gasteiger partial charge on any atom is -0.497 e. The maximum Gasteiger partial charge on any atom is 0.253 e. The minimum absolute atomic E-state index is 0.0862. The Morgan fingerprint density at radius 1 is 1.09 bits per heavy atom. The number of carbonyl (C=O) groups is 2. The summed E-state index contributed by atoms with van der Waals surface area (Å²) < 4.78 is 5.40. The zero-order valence-corrected chi connectivity index (χ0v) is 18.9. The number of aromatic amines is 1. The van der Waals surface area contributed by atoms with Gasteiger partial charge in [-0.05, 0) is 80.6 Å². The summed E-state index contributed by atoms with van der Waals surface area (Å²) in [7, 11) is 1.69. The average Bonchev–Trinajstić information content (AvgIpc) is 3.55. The summed E-state index contributed by atoms with van der Waals surface area (Å²) in [6.07, 6.45) is 6.17. The first kappa shape index (κ1) is 21.5. The first-order chi connectivity index (χ1) is 16.1. The molecule has 2 aromatic carbocycles. The molecule has 5 rings (SSSR count). The van der Waals surface area contributed by atoms with Crippen LogP contribution < -0.4 is 15.4 Å². The van der Waals surface area contributed by atoms with E-state index in [2.05, 4.69) is 38.8 Å². The van der Waals surface area contributed by atoms with Gasteiger partial charge in [0.2, 0.25) is 5.91 Å². The van der Waals surface area contributed by atoms with Crippen LogP contribution in [-0.2, 0) is 4.79 Å². The van der Waals surface area contributed by atoms with Gasteiger partial charge >= 0.3 is 0 Å². The number of ether oxygens (including phenoxy) is 1. The highest BCUT2D eigenvalue weighted by molar-refractivity contribution is 6.04. The topological polar surface area (TPSA) is 86.5 Å². The molecule has 33 heavy (non-hydrogen) atoms. The molecule has 1 saturated heterocycles. The first-order valence-electron chi connectivity index (χ1n) is 11.7. The maximum atomic E-state index is 12.7. The van der Waals surface area contributed by atoms with Crippen LogP contribution in [0.3, 0.4) is 0 Å². The number of nitrogens with zero attached hydrogens (tertiary/aromatic N) is 1. The lowest BCUT2D eigenvalue weighted by Crippen LogP contribution is -2.39. The largest absolute Gasteiger partial charge is 0.497 e. The van der Waals surface area contributed by atoms with Gasteiger partial charge in [-0.1, -0.05) is 12.1 Å². The molecule has 2 amide bonds. The first-order valence-corrected chi connectivity index (χ1v) is 11.7. The Morgan fingerprint density at radius 2 is 1.88 bits per heavy atom. The van der Waals surface area contributed by atoms with Crippen molar-refractivity contribution in [2.45, 2.75) is 37.6 Å². The number of H-pyrrole nitrogens is 1. The van der Waals surface area contributed by atoms with Gasteiger partial charge in [-0.2, -0.15) is 0 Å². The Morgan fingerprint density at radius 3 is 2.64 bits per heavy atom. The molecule has 0 bridgehead atoms. The van der Waals surface area contributed by atoms with Crippen molar-refractivity contribution < 1.29 is 14.3 Å². The van der Waals surface area contributed by atoms with Crippen LogP contribution in [0.25, 0.3) is 10.9 Å². The number of hydrogen-bond acceptors (Lipinski definition) is 4.